The number of rotatable bonds is 5. The first-order valence-corrected chi connectivity index (χ1v) is 8.62. The average Bonchev–Trinajstić information content (AvgIpc) is 2.47. The first-order chi connectivity index (χ1) is 10.1. The van der Waals surface area contributed by atoms with Gasteiger partial charge in [0, 0.05) is 31.2 Å². The second-order valence-electron chi connectivity index (χ2n) is 7.46. The quantitative estimate of drug-likeness (QED) is 0.783. The van der Waals surface area contributed by atoms with Crippen molar-refractivity contribution in [2.24, 2.45) is 5.92 Å². The summed E-state index contributed by atoms with van der Waals surface area (Å²) >= 11 is 0. The zero-order valence-electron chi connectivity index (χ0n) is 14.2. The van der Waals surface area contributed by atoms with Crippen LogP contribution in [0.5, 0.6) is 0 Å². The van der Waals surface area contributed by atoms with Crippen molar-refractivity contribution in [2.45, 2.75) is 57.0 Å². The molecule has 0 aromatic carbocycles. The van der Waals surface area contributed by atoms with Crippen molar-refractivity contribution < 1.29 is 0 Å². The van der Waals surface area contributed by atoms with Crippen molar-refractivity contribution in [3.05, 3.63) is 0 Å². The summed E-state index contributed by atoms with van der Waals surface area (Å²) in [5.74, 6) is 3.62. The Morgan fingerprint density at radius 1 is 1.29 bits per heavy atom. The predicted molar refractivity (Wildman–Crippen MR) is 90.3 cm³/mol. The van der Waals surface area contributed by atoms with E-state index in [1.54, 1.807) is 0 Å². The van der Waals surface area contributed by atoms with Crippen molar-refractivity contribution >= 4 is 0 Å². The summed E-state index contributed by atoms with van der Waals surface area (Å²) in [4.78, 5) is 4.87. The average molecular weight is 291 g/mol. The molecule has 2 atom stereocenters. The largest absolute Gasteiger partial charge is 0.312 e. The molecule has 1 aliphatic carbocycles. The van der Waals surface area contributed by atoms with Crippen molar-refractivity contribution in [3.63, 3.8) is 0 Å². The van der Waals surface area contributed by atoms with Crippen LogP contribution in [0.15, 0.2) is 0 Å². The van der Waals surface area contributed by atoms with Crippen molar-refractivity contribution in [1.82, 2.24) is 15.1 Å². The lowest BCUT2D eigenvalue weighted by Gasteiger charge is -2.46. The minimum atomic E-state index is 0.369. The Balaban J connectivity index is 1.82. The van der Waals surface area contributed by atoms with Gasteiger partial charge in [0.05, 0.1) is 6.54 Å². The molecule has 1 saturated carbocycles. The van der Waals surface area contributed by atoms with Crippen LogP contribution in [0.25, 0.3) is 0 Å². The molecule has 0 radical (unpaired) electrons. The number of hydrogen-bond acceptors (Lipinski definition) is 3. The van der Waals surface area contributed by atoms with Gasteiger partial charge in [0.1, 0.15) is 0 Å². The summed E-state index contributed by atoms with van der Waals surface area (Å²) in [6.45, 7) is 6.66. The summed E-state index contributed by atoms with van der Waals surface area (Å²) in [7, 11) is 4.52. The maximum atomic E-state index is 5.40. The summed E-state index contributed by atoms with van der Waals surface area (Å²) in [5, 5.41) is 3.88. The van der Waals surface area contributed by atoms with Gasteiger partial charge in [0.25, 0.3) is 0 Å². The highest BCUT2D eigenvalue weighted by Crippen LogP contribution is 2.35. The Hall–Kier alpha value is -0.560. The van der Waals surface area contributed by atoms with Crippen LogP contribution >= 0.6 is 0 Å². The van der Waals surface area contributed by atoms with Crippen LogP contribution in [0.4, 0.5) is 0 Å². The Morgan fingerprint density at radius 2 is 2.00 bits per heavy atom. The molecule has 0 aromatic rings. The van der Waals surface area contributed by atoms with Gasteiger partial charge in [0.15, 0.2) is 0 Å². The zero-order chi connectivity index (χ0) is 15.3. The van der Waals surface area contributed by atoms with Gasteiger partial charge in [-0.15, -0.1) is 6.42 Å². The highest BCUT2D eigenvalue weighted by molar-refractivity contribution is 4.96. The molecule has 2 unspecified atom stereocenters. The fraction of sp³-hybridized carbons (Fsp3) is 0.889. The smallest absolute Gasteiger partial charge is 0.0598 e. The summed E-state index contributed by atoms with van der Waals surface area (Å²) in [6.07, 6.45) is 13.3. The molecular weight excluding hydrogens is 258 g/mol. The Kier molecular flexibility index (Phi) is 6.10. The Labute approximate surface area is 131 Å². The highest BCUT2D eigenvalue weighted by atomic mass is 15.2. The molecule has 1 N–H and O–H groups in total. The lowest BCUT2D eigenvalue weighted by atomic mass is 9.75. The zero-order valence-corrected chi connectivity index (χ0v) is 14.2. The number of nitrogens with one attached hydrogen (secondary N) is 1. The number of terminal acetylenes is 1. The Bertz CT molecular complexity index is 352. The molecule has 3 heteroatoms. The van der Waals surface area contributed by atoms with Crippen molar-refractivity contribution in [3.8, 4) is 12.3 Å². The molecule has 0 aromatic heterocycles. The molecule has 21 heavy (non-hydrogen) atoms. The third-order valence-electron chi connectivity index (χ3n) is 5.64. The van der Waals surface area contributed by atoms with Crippen molar-refractivity contribution in [2.75, 3.05) is 40.3 Å². The van der Waals surface area contributed by atoms with E-state index in [1.807, 2.05) is 0 Å². The lowest BCUT2D eigenvalue weighted by Crippen LogP contribution is -2.56. The maximum Gasteiger partial charge on any atom is 0.0598 e. The van der Waals surface area contributed by atoms with Crippen LogP contribution in [-0.2, 0) is 0 Å². The molecule has 2 aliphatic rings. The van der Waals surface area contributed by atoms with Gasteiger partial charge in [-0.2, -0.15) is 0 Å². The second-order valence-corrected chi connectivity index (χ2v) is 7.46. The minimum absolute atomic E-state index is 0.369. The van der Waals surface area contributed by atoms with E-state index in [-0.39, 0.29) is 0 Å². The number of likely N-dealkylation sites (N-methyl/N-ethyl adjacent to an activating group) is 1. The number of piperidine rings is 1. The van der Waals surface area contributed by atoms with E-state index in [2.05, 4.69) is 42.1 Å². The standard InChI is InChI=1S/C18H33N3/c1-5-11-21-12-8-17(9-13-21)19-15-18(20(3)4)10-6-7-16(2)14-18/h1,16-17,19H,6-15H2,2-4H3. The van der Waals surface area contributed by atoms with Crippen molar-refractivity contribution in [1.29, 1.82) is 0 Å². The van der Waals surface area contributed by atoms with Crippen LogP contribution in [0.2, 0.25) is 0 Å². The van der Waals surface area contributed by atoms with Crippen LogP contribution < -0.4 is 5.32 Å². The second kappa shape index (κ2) is 7.63. The molecule has 1 aliphatic heterocycles. The molecule has 120 valence electrons. The van der Waals surface area contributed by atoms with Gasteiger partial charge >= 0.3 is 0 Å². The molecule has 2 fully saturated rings. The van der Waals surface area contributed by atoms with E-state index in [0.717, 1.165) is 32.1 Å². The molecule has 0 amide bonds. The van der Waals surface area contributed by atoms with Gasteiger partial charge in [-0.05, 0) is 45.7 Å². The number of likely N-dealkylation sites (tertiary alicyclic amines) is 1. The van der Waals surface area contributed by atoms with Crippen LogP contribution in [0, 0.1) is 18.3 Å². The molecule has 2 rings (SSSR count). The fourth-order valence-electron chi connectivity index (χ4n) is 4.12. The predicted octanol–water partition coefficient (Wildman–Crippen LogP) is 2.18. The van der Waals surface area contributed by atoms with Gasteiger partial charge in [-0.3, -0.25) is 4.90 Å². The molecule has 0 spiro atoms. The third-order valence-corrected chi connectivity index (χ3v) is 5.64. The maximum absolute atomic E-state index is 5.40. The van der Waals surface area contributed by atoms with Crippen LogP contribution in [0.3, 0.4) is 0 Å². The van der Waals surface area contributed by atoms with Crippen LogP contribution in [0.1, 0.15) is 45.4 Å². The van der Waals surface area contributed by atoms with Gasteiger partial charge in [-0.1, -0.05) is 25.7 Å². The first-order valence-electron chi connectivity index (χ1n) is 8.62. The van der Waals surface area contributed by atoms with E-state index in [9.17, 15) is 0 Å². The van der Waals surface area contributed by atoms with E-state index < -0.39 is 0 Å². The normalized spacial score (nSPS) is 32.2. The summed E-state index contributed by atoms with van der Waals surface area (Å²) in [6, 6.07) is 0.674. The summed E-state index contributed by atoms with van der Waals surface area (Å²) in [5.41, 5.74) is 0.369. The number of nitrogens with zero attached hydrogens (tertiary/aromatic N) is 2. The topological polar surface area (TPSA) is 18.5 Å². The molecule has 1 heterocycles. The Morgan fingerprint density at radius 3 is 2.57 bits per heavy atom. The molecular formula is C18H33N3. The van der Waals surface area contributed by atoms with Gasteiger partial charge < -0.3 is 10.2 Å². The van der Waals surface area contributed by atoms with E-state index in [1.165, 1.54) is 38.5 Å². The van der Waals surface area contributed by atoms with Gasteiger partial charge in [-0.25, -0.2) is 0 Å². The third kappa shape index (κ3) is 4.45. The highest BCUT2D eigenvalue weighted by Gasteiger charge is 2.37. The van der Waals surface area contributed by atoms with E-state index in [4.69, 9.17) is 6.42 Å². The lowest BCUT2D eigenvalue weighted by molar-refractivity contribution is 0.0687. The first kappa shape index (κ1) is 16.8. The van der Waals surface area contributed by atoms with E-state index >= 15 is 0 Å². The van der Waals surface area contributed by atoms with Gasteiger partial charge in [0.2, 0.25) is 0 Å². The van der Waals surface area contributed by atoms with Crippen LogP contribution in [-0.4, -0.2) is 61.7 Å². The summed E-state index contributed by atoms with van der Waals surface area (Å²) < 4.78 is 0. The number of hydrogen-bond donors (Lipinski definition) is 1. The fourth-order valence-corrected chi connectivity index (χ4v) is 4.12. The van der Waals surface area contributed by atoms with E-state index in [0.29, 0.717) is 11.6 Å². The molecule has 0 bridgehead atoms. The molecule has 3 nitrogen and oxygen atoms in total. The monoisotopic (exact) mass is 291 g/mol. The SMILES string of the molecule is C#CCN1CCC(NCC2(N(C)C)CCCC(C)C2)CC1. The molecule has 1 saturated heterocycles. The minimum Gasteiger partial charge on any atom is -0.312 e.